The summed E-state index contributed by atoms with van der Waals surface area (Å²) in [5.41, 5.74) is -0.663. The van der Waals surface area contributed by atoms with Gasteiger partial charge in [-0.25, -0.2) is 0 Å². The first-order chi connectivity index (χ1) is 9.48. The number of nitrogens with zero attached hydrogens (tertiary/aromatic N) is 1. The Morgan fingerprint density at radius 1 is 1.40 bits per heavy atom. The van der Waals surface area contributed by atoms with Crippen LogP contribution in [0.3, 0.4) is 0 Å². The molecular weight excluding hydrogens is 301 g/mol. The summed E-state index contributed by atoms with van der Waals surface area (Å²) in [5, 5.41) is 11.1. The van der Waals surface area contributed by atoms with Crippen LogP contribution in [0, 0.1) is 5.92 Å². The normalized spacial score (nSPS) is 20.4. The molecule has 3 rings (SSSR count). The van der Waals surface area contributed by atoms with E-state index >= 15 is 0 Å². The van der Waals surface area contributed by atoms with Gasteiger partial charge in [-0.1, -0.05) is 23.2 Å². The van der Waals surface area contributed by atoms with E-state index in [-0.39, 0.29) is 12.5 Å². The van der Waals surface area contributed by atoms with Crippen LogP contribution in [0.1, 0.15) is 12.8 Å². The molecule has 0 aromatic heterocycles. The van der Waals surface area contributed by atoms with Crippen LogP contribution in [0.15, 0.2) is 18.2 Å². The van der Waals surface area contributed by atoms with Crippen LogP contribution in [0.5, 0.6) is 5.75 Å². The largest absolute Gasteiger partial charge is 0.482 e. The maximum atomic E-state index is 11.9. The molecule has 0 atom stereocenters. The summed E-state index contributed by atoms with van der Waals surface area (Å²) in [6, 6.07) is 4.86. The molecule has 6 heteroatoms. The van der Waals surface area contributed by atoms with Gasteiger partial charge in [-0.05, 0) is 30.9 Å². The zero-order valence-electron chi connectivity index (χ0n) is 10.8. The number of amides is 1. The lowest BCUT2D eigenvalue weighted by Gasteiger charge is -2.46. The summed E-state index contributed by atoms with van der Waals surface area (Å²) >= 11 is 11.8. The summed E-state index contributed by atoms with van der Waals surface area (Å²) in [4.78, 5) is 13.5. The molecule has 0 spiro atoms. The molecule has 0 bridgehead atoms. The number of carbonyl (C=O) groups is 1. The van der Waals surface area contributed by atoms with Crippen molar-refractivity contribution in [3.8, 4) is 5.75 Å². The van der Waals surface area contributed by atoms with E-state index in [2.05, 4.69) is 0 Å². The van der Waals surface area contributed by atoms with Crippen LogP contribution in [0.2, 0.25) is 10.0 Å². The van der Waals surface area contributed by atoms with E-state index in [1.54, 1.807) is 23.1 Å². The number of likely N-dealkylation sites (tertiary alicyclic amines) is 1. The summed E-state index contributed by atoms with van der Waals surface area (Å²) in [5.74, 6) is 0.617. The number of halogens is 2. The van der Waals surface area contributed by atoms with Crippen LogP contribution < -0.4 is 4.74 Å². The second kappa shape index (κ2) is 5.10. The summed E-state index contributed by atoms with van der Waals surface area (Å²) in [6.07, 6.45) is 2.13. The molecule has 0 unspecified atom stereocenters. The molecule has 1 aliphatic heterocycles. The number of aliphatic hydroxyl groups is 1. The highest BCUT2D eigenvalue weighted by Gasteiger charge is 2.53. The van der Waals surface area contributed by atoms with E-state index in [0.717, 1.165) is 12.8 Å². The summed E-state index contributed by atoms with van der Waals surface area (Å²) in [6.45, 7) is 0.715. The van der Waals surface area contributed by atoms with E-state index < -0.39 is 5.60 Å². The van der Waals surface area contributed by atoms with Crippen LogP contribution in [-0.2, 0) is 4.79 Å². The molecule has 1 N–H and O–H groups in total. The molecule has 108 valence electrons. The van der Waals surface area contributed by atoms with E-state index in [9.17, 15) is 9.90 Å². The minimum Gasteiger partial charge on any atom is -0.482 e. The molecule has 2 fully saturated rings. The Morgan fingerprint density at radius 2 is 2.10 bits per heavy atom. The zero-order valence-corrected chi connectivity index (χ0v) is 12.3. The van der Waals surface area contributed by atoms with Crippen molar-refractivity contribution >= 4 is 29.1 Å². The molecule has 1 heterocycles. The third-order valence-electron chi connectivity index (χ3n) is 3.86. The van der Waals surface area contributed by atoms with Crippen LogP contribution in [-0.4, -0.2) is 41.2 Å². The van der Waals surface area contributed by atoms with Crippen molar-refractivity contribution in [3.63, 3.8) is 0 Å². The highest BCUT2D eigenvalue weighted by atomic mass is 35.5. The van der Waals surface area contributed by atoms with Gasteiger partial charge in [-0.3, -0.25) is 4.79 Å². The van der Waals surface area contributed by atoms with E-state index in [1.807, 2.05) is 0 Å². The zero-order chi connectivity index (χ0) is 14.3. The second-order valence-electron chi connectivity index (χ2n) is 5.49. The SMILES string of the molecule is O=C(COc1cc(Cl)ccc1Cl)N1CC(O)(C2CC2)C1. The standard InChI is InChI=1S/C14H15Cl2NO3/c15-10-3-4-11(16)12(5-10)20-6-13(18)17-7-14(19,8-17)9-1-2-9/h3-5,9,19H,1-2,6-8H2. The van der Waals surface area contributed by atoms with Gasteiger partial charge in [-0.15, -0.1) is 0 Å². The first kappa shape index (κ1) is 14.0. The minimum absolute atomic E-state index is 0.0964. The average molecular weight is 316 g/mol. The van der Waals surface area contributed by atoms with E-state index in [4.69, 9.17) is 27.9 Å². The lowest BCUT2D eigenvalue weighted by molar-refractivity contribution is -0.161. The molecule has 1 aromatic carbocycles. The molecule has 1 aliphatic carbocycles. The topological polar surface area (TPSA) is 49.8 Å². The summed E-state index contributed by atoms with van der Waals surface area (Å²) in [7, 11) is 0. The highest BCUT2D eigenvalue weighted by Crippen LogP contribution is 2.44. The Labute approximate surface area is 127 Å². The van der Waals surface area contributed by atoms with Gasteiger partial charge in [0.05, 0.1) is 18.1 Å². The van der Waals surface area contributed by atoms with Gasteiger partial charge >= 0.3 is 0 Å². The van der Waals surface area contributed by atoms with Crippen molar-refractivity contribution in [2.45, 2.75) is 18.4 Å². The predicted molar refractivity (Wildman–Crippen MR) is 76.2 cm³/mol. The number of benzene rings is 1. The van der Waals surface area contributed by atoms with Gasteiger partial charge in [0.2, 0.25) is 0 Å². The van der Waals surface area contributed by atoms with Gasteiger partial charge < -0.3 is 14.7 Å². The number of rotatable bonds is 4. The number of carbonyl (C=O) groups excluding carboxylic acids is 1. The smallest absolute Gasteiger partial charge is 0.260 e. The first-order valence-corrected chi connectivity index (χ1v) is 7.31. The van der Waals surface area contributed by atoms with E-state index in [0.29, 0.717) is 34.8 Å². The first-order valence-electron chi connectivity index (χ1n) is 6.56. The molecule has 1 saturated carbocycles. The molecule has 1 saturated heterocycles. The third-order valence-corrected chi connectivity index (χ3v) is 4.41. The van der Waals surface area contributed by atoms with Crippen LogP contribution in [0.25, 0.3) is 0 Å². The second-order valence-corrected chi connectivity index (χ2v) is 6.33. The predicted octanol–water partition coefficient (Wildman–Crippen LogP) is 2.36. The monoisotopic (exact) mass is 315 g/mol. The maximum absolute atomic E-state index is 11.9. The fraction of sp³-hybridized carbons (Fsp3) is 0.500. The molecule has 20 heavy (non-hydrogen) atoms. The number of hydrogen-bond donors (Lipinski definition) is 1. The van der Waals surface area contributed by atoms with Crippen molar-refractivity contribution in [3.05, 3.63) is 28.2 Å². The Morgan fingerprint density at radius 3 is 2.75 bits per heavy atom. The van der Waals surface area contributed by atoms with Gasteiger partial charge in [0.25, 0.3) is 5.91 Å². The molecule has 2 aliphatic rings. The third kappa shape index (κ3) is 2.73. The van der Waals surface area contributed by atoms with Crippen molar-refractivity contribution in [2.75, 3.05) is 19.7 Å². The van der Waals surface area contributed by atoms with Crippen molar-refractivity contribution in [1.82, 2.24) is 4.90 Å². The number of β-amino-alcohol motifs (C(OH)–C–C–N with tert-alkyl or cyclic N) is 1. The fourth-order valence-electron chi connectivity index (χ4n) is 2.49. The Balaban J connectivity index is 1.51. The molecule has 4 nitrogen and oxygen atoms in total. The van der Waals surface area contributed by atoms with Crippen molar-refractivity contribution in [2.24, 2.45) is 5.92 Å². The molecular formula is C14H15Cl2NO3. The lowest BCUT2D eigenvalue weighted by atomic mass is 9.89. The van der Waals surface area contributed by atoms with E-state index in [1.165, 1.54) is 0 Å². The van der Waals surface area contributed by atoms with Crippen LogP contribution in [0.4, 0.5) is 0 Å². The molecule has 1 amide bonds. The Kier molecular flexibility index (Phi) is 3.56. The molecule has 0 radical (unpaired) electrons. The average Bonchev–Trinajstić information content (AvgIpc) is 3.20. The van der Waals surface area contributed by atoms with Gasteiger partial charge in [-0.2, -0.15) is 0 Å². The van der Waals surface area contributed by atoms with Crippen LogP contribution >= 0.6 is 23.2 Å². The van der Waals surface area contributed by atoms with Gasteiger partial charge in [0.1, 0.15) is 11.4 Å². The molecule has 1 aromatic rings. The van der Waals surface area contributed by atoms with Gasteiger partial charge in [0, 0.05) is 11.1 Å². The fourth-order valence-corrected chi connectivity index (χ4v) is 2.82. The van der Waals surface area contributed by atoms with Gasteiger partial charge in [0.15, 0.2) is 6.61 Å². The maximum Gasteiger partial charge on any atom is 0.260 e. The highest BCUT2D eigenvalue weighted by molar-refractivity contribution is 6.34. The Bertz CT molecular complexity index is 539. The minimum atomic E-state index is -0.663. The van der Waals surface area contributed by atoms with Crippen molar-refractivity contribution in [1.29, 1.82) is 0 Å². The number of ether oxygens (including phenoxy) is 1. The number of hydrogen-bond acceptors (Lipinski definition) is 3. The van der Waals surface area contributed by atoms with Crippen molar-refractivity contribution < 1.29 is 14.6 Å². The lowest BCUT2D eigenvalue weighted by Crippen LogP contribution is -2.65. The quantitative estimate of drug-likeness (QED) is 0.928. The Hall–Kier alpha value is -0.970. The summed E-state index contributed by atoms with van der Waals surface area (Å²) < 4.78 is 5.39.